The molecule has 0 radical (unpaired) electrons. The number of anilines is 3. The topological polar surface area (TPSA) is 21.3 Å². The van der Waals surface area contributed by atoms with Crippen molar-refractivity contribution in [2.45, 2.75) is 0 Å². The molecule has 3 aromatic heterocycles. The van der Waals surface area contributed by atoms with E-state index in [0.717, 1.165) is 55.8 Å². The van der Waals surface area contributed by atoms with Crippen LogP contribution in [0.1, 0.15) is 0 Å². The number of hydrogen-bond donors (Lipinski definition) is 0. The van der Waals surface area contributed by atoms with Gasteiger partial charge in [-0.2, -0.15) is 0 Å². The van der Waals surface area contributed by atoms with Gasteiger partial charge in [-0.1, -0.05) is 146 Å². The van der Waals surface area contributed by atoms with Crippen molar-refractivity contribution in [3.05, 3.63) is 206 Å². The molecule has 58 heavy (non-hydrogen) atoms. The Bertz CT molecular complexity index is 3460. The maximum absolute atomic E-state index is 6.62. The third-order valence-corrected chi connectivity index (χ3v) is 12.8. The molecule has 0 amide bonds. The fourth-order valence-electron chi connectivity index (χ4n) is 9.06. The number of rotatable bonds is 6. The summed E-state index contributed by atoms with van der Waals surface area (Å²) < 4.78 is 11.5. The van der Waals surface area contributed by atoms with E-state index < -0.39 is 0 Å². The third kappa shape index (κ3) is 4.99. The van der Waals surface area contributed by atoms with Gasteiger partial charge in [0, 0.05) is 64.2 Å². The predicted octanol–water partition coefficient (Wildman–Crippen LogP) is 15.9. The zero-order valence-corrected chi connectivity index (χ0v) is 32.2. The van der Waals surface area contributed by atoms with Crippen LogP contribution in [0.3, 0.4) is 0 Å². The first-order valence-corrected chi connectivity index (χ1v) is 20.5. The zero-order chi connectivity index (χ0) is 38.2. The summed E-state index contributed by atoms with van der Waals surface area (Å²) in [5.41, 5.74) is 13.3. The highest BCUT2D eigenvalue weighted by Gasteiger charge is 2.24. The van der Waals surface area contributed by atoms with Gasteiger partial charge in [0.05, 0.1) is 22.4 Å². The molecule has 12 aromatic rings. The lowest BCUT2D eigenvalue weighted by molar-refractivity contribution is 0.670. The molecule has 0 aliphatic carbocycles. The summed E-state index contributed by atoms with van der Waals surface area (Å²) in [6, 6.07) is 74.3. The normalized spacial score (nSPS) is 11.8. The average molecular weight is 759 g/mol. The molecule has 0 bridgehead atoms. The Kier molecular flexibility index (Phi) is 7.40. The highest BCUT2D eigenvalue weighted by molar-refractivity contribution is 7.26. The fraction of sp³-hybridized carbons (Fsp3) is 0. The molecule has 3 heterocycles. The average Bonchev–Trinajstić information content (AvgIpc) is 3.98. The van der Waals surface area contributed by atoms with Crippen molar-refractivity contribution in [2.24, 2.45) is 0 Å². The molecule has 0 unspecified atom stereocenters. The summed E-state index contributed by atoms with van der Waals surface area (Å²) in [7, 11) is 0. The summed E-state index contributed by atoms with van der Waals surface area (Å²) in [4.78, 5) is 2.44. The standard InChI is InChI=1S/C54H34N2OS/c1-2-15-36(16-3-1)56(48-26-11-6-19-41(48)43-22-14-23-44-42-20-7-12-27-50(42)57-53(43)44)49-34-33-38(54-52(49)45-21-8-13-28-51(45)58-54)35-29-31-37(32-30-35)55-46-24-9-4-17-39(46)40-18-5-10-25-47(40)55/h1-34H. The minimum Gasteiger partial charge on any atom is -0.455 e. The molecule has 0 N–H and O–H groups in total. The van der Waals surface area contributed by atoms with Gasteiger partial charge in [0.25, 0.3) is 0 Å². The molecule has 0 aliphatic heterocycles. The van der Waals surface area contributed by atoms with Gasteiger partial charge in [0.1, 0.15) is 11.2 Å². The molecule has 9 aromatic carbocycles. The number of aromatic nitrogens is 1. The Morgan fingerprint density at radius 3 is 1.83 bits per heavy atom. The first-order chi connectivity index (χ1) is 28.8. The SMILES string of the molecule is c1ccc(N(c2ccccc2-c2cccc3c2oc2ccccc23)c2ccc(-c3ccc(-n4c5ccccc5c5ccccc54)cc3)c3sc4ccccc4c23)cc1. The Labute approximate surface area is 338 Å². The van der Waals surface area contributed by atoms with Gasteiger partial charge in [0.2, 0.25) is 0 Å². The van der Waals surface area contributed by atoms with E-state index >= 15 is 0 Å². The Balaban J connectivity index is 1.06. The highest BCUT2D eigenvalue weighted by atomic mass is 32.1. The summed E-state index contributed by atoms with van der Waals surface area (Å²) in [6.07, 6.45) is 0. The predicted molar refractivity (Wildman–Crippen MR) is 247 cm³/mol. The lowest BCUT2D eigenvalue weighted by Crippen LogP contribution is -2.11. The van der Waals surface area contributed by atoms with Gasteiger partial charge < -0.3 is 13.9 Å². The number of fused-ring (bicyclic) bond motifs is 9. The second-order valence-electron chi connectivity index (χ2n) is 14.8. The Hall–Kier alpha value is -7.40. The van der Waals surface area contributed by atoms with Crippen LogP contribution < -0.4 is 4.90 Å². The van der Waals surface area contributed by atoms with Gasteiger partial charge >= 0.3 is 0 Å². The van der Waals surface area contributed by atoms with Gasteiger partial charge in [-0.15, -0.1) is 11.3 Å². The van der Waals surface area contributed by atoms with Gasteiger partial charge in [-0.25, -0.2) is 0 Å². The van der Waals surface area contributed by atoms with E-state index in [0.29, 0.717) is 0 Å². The summed E-state index contributed by atoms with van der Waals surface area (Å²) in [6.45, 7) is 0. The molecule has 0 spiro atoms. The van der Waals surface area contributed by atoms with Crippen LogP contribution in [0.2, 0.25) is 0 Å². The molecular weight excluding hydrogens is 725 g/mol. The van der Waals surface area contributed by atoms with Crippen molar-refractivity contribution >= 4 is 92.3 Å². The third-order valence-electron chi connectivity index (χ3n) is 11.6. The number of hydrogen-bond acceptors (Lipinski definition) is 3. The molecule has 0 saturated carbocycles. The van der Waals surface area contributed by atoms with Gasteiger partial charge in [-0.3, -0.25) is 0 Å². The minimum absolute atomic E-state index is 0.896. The van der Waals surface area contributed by atoms with Gasteiger partial charge in [-0.05, 0) is 71.8 Å². The maximum Gasteiger partial charge on any atom is 0.143 e. The van der Waals surface area contributed by atoms with Crippen LogP contribution in [0.5, 0.6) is 0 Å². The number of nitrogens with zero attached hydrogens (tertiary/aromatic N) is 2. The Morgan fingerprint density at radius 1 is 0.414 bits per heavy atom. The number of para-hydroxylation sites is 6. The zero-order valence-electron chi connectivity index (χ0n) is 31.3. The van der Waals surface area contributed by atoms with Crippen LogP contribution in [0.25, 0.3) is 91.9 Å². The molecule has 0 aliphatic rings. The van der Waals surface area contributed by atoms with Crippen molar-refractivity contribution < 1.29 is 4.42 Å². The van der Waals surface area contributed by atoms with E-state index in [-0.39, 0.29) is 0 Å². The van der Waals surface area contributed by atoms with Crippen molar-refractivity contribution in [2.75, 3.05) is 4.90 Å². The maximum atomic E-state index is 6.62. The number of furan rings is 1. The second kappa shape index (κ2) is 13.1. The van der Waals surface area contributed by atoms with Crippen LogP contribution in [-0.2, 0) is 0 Å². The van der Waals surface area contributed by atoms with Crippen LogP contribution in [0.4, 0.5) is 17.1 Å². The van der Waals surface area contributed by atoms with Crippen molar-refractivity contribution in [3.8, 4) is 27.9 Å². The van der Waals surface area contributed by atoms with E-state index in [1.165, 1.54) is 53.1 Å². The molecule has 0 saturated heterocycles. The Morgan fingerprint density at radius 2 is 1.03 bits per heavy atom. The molecule has 272 valence electrons. The summed E-state index contributed by atoms with van der Waals surface area (Å²) >= 11 is 1.87. The van der Waals surface area contributed by atoms with E-state index in [1.807, 2.05) is 17.4 Å². The fourth-order valence-corrected chi connectivity index (χ4v) is 10.3. The number of thiophene rings is 1. The smallest absolute Gasteiger partial charge is 0.143 e. The highest BCUT2D eigenvalue weighted by Crippen LogP contribution is 2.50. The molecule has 4 heteroatoms. The largest absolute Gasteiger partial charge is 0.455 e. The summed E-state index contributed by atoms with van der Waals surface area (Å²) in [5.74, 6) is 0. The first-order valence-electron chi connectivity index (χ1n) is 19.7. The monoisotopic (exact) mass is 758 g/mol. The van der Waals surface area contributed by atoms with E-state index in [2.05, 4.69) is 210 Å². The van der Waals surface area contributed by atoms with E-state index in [9.17, 15) is 0 Å². The molecule has 3 nitrogen and oxygen atoms in total. The summed E-state index contributed by atoms with van der Waals surface area (Å²) in [5, 5.41) is 7.27. The molecule has 12 rings (SSSR count). The minimum atomic E-state index is 0.896. The van der Waals surface area contributed by atoms with Crippen molar-refractivity contribution in [1.29, 1.82) is 0 Å². The van der Waals surface area contributed by atoms with Crippen LogP contribution in [-0.4, -0.2) is 4.57 Å². The van der Waals surface area contributed by atoms with Crippen LogP contribution in [0.15, 0.2) is 211 Å². The first kappa shape index (κ1) is 32.8. The van der Waals surface area contributed by atoms with E-state index in [4.69, 9.17) is 4.42 Å². The molecule has 0 atom stereocenters. The van der Waals surface area contributed by atoms with E-state index in [1.54, 1.807) is 0 Å². The van der Waals surface area contributed by atoms with Crippen LogP contribution >= 0.6 is 11.3 Å². The quantitative estimate of drug-likeness (QED) is 0.168. The van der Waals surface area contributed by atoms with Crippen molar-refractivity contribution in [1.82, 2.24) is 4.57 Å². The molecular formula is C54H34N2OS. The lowest BCUT2D eigenvalue weighted by atomic mass is 9.97. The molecule has 0 fully saturated rings. The van der Waals surface area contributed by atoms with Crippen molar-refractivity contribution in [3.63, 3.8) is 0 Å². The lowest BCUT2D eigenvalue weighted by Gasteiger charge is -2.29. The van der Waals surface area contributed by atoms with Gasteiger partial charge in [0.15, 0.2) is 0 Å². The second-order valence-corrected chi connectivity index (χ2v) is 15.9. The van der Waals surface area contributed by atoms with Crippen LogP contribution in [0, 0.1) is 0 Å². The number of benzene rings is 9.